The number of benzene rings is 2. The maximum Gasteiger partial charge on any atom is 0.0741 e. The van der Waals surface area contributed by atoms with Gasteiger partial charge in [0.15, 0.2) is 0 Å². The monoisotopic (exact) mass is 299 g/mol. The molecule has 4 heteroatoms. The molecule has 0 aliphatic heterocycles. The lowest BCUT2D eigenvalue weighted by Crippen LogP contribution is -2.15. The Hall–Kier alpha value is -1.84. The average Bonchev–Trinajstić information content (AvgIpc) is 2.92. The maximum atomic E-state index is 6.15. The number of nitrogens with zero attached hydrogens (tertiary/aromatic N) is 2. The Morgan fingerprint density at radius 1 is 1.19 bits per heavy atom. The molecule has 0 aliphatic rings. The number of rotatable bonds is 5. The Morgan fingerprint density at radius 2 is 2.05 bits per heavy atom. The number of para-hydroxylation sites is 1. The molecule has 21 heavy (non-hydrogen) atoms. The highest BCUT2D eigenvalue weighted by atomic mass is 35.5. The Bertz CT molecular complexity index is 749. The molecule has 0 aliphatic carbocycles. The van der Waals surface area contributed by atoms with E-state index in [0.29, 0.717) is 0 Å². The van der Waals surface area contributed by atoms with Crippen molar-refractivity contribution in [3.05, 3.63) is 59.2 Å². The number of hydrogen-bond donors (Lipinski definition) is 1. The second-order valence-corrected chi connectivity index (χ2v) is 5.50. The van der Waals surface area contributed by atoms with Gasteiger partial charge in [0.2, 0.25) is 0 Å². The largest absolute Gasteiger partial charge is 0.313 e. The fourth-order valence-corrected chi connectivity index (χ4v) is 2.66. The van der Waals surface area contributed by atoms with Crippen LogP contribution in [0.5, 0.6) is 0 Å². The molecular formula is C17H18ClN3. The summed E-state index contributed by atoms with van der Waals surface area (Å²) in [6, 6.07) is 14.2. The van der Waals surface area contributed by atoms with Crippen molar-refractivity contribution in [2.75, 3.05) is 6.54 Å². The molecule has 0 bridgehead atoms. The smallest absolute Gasteiger partial charge is 0.0741 e. The van der Waals surface area contributed by atoms with E-state index in [1.54, 1.807) is 0 Å². The van der Waals surface area contributed by atoms with Crippen LogP contribution in [0.15, 0.2) is 48.7 Å². The van der Waals surface area contributed by atoms with Crippen LogP contribution in [0, 0.1) is 0 Å². The first kappa shape index (κ1) is 14.1. The third-order valence-corrected chi connectivity index (χ3v) is 3.72. The fraction of sp³-hybridized carbons (Fsp3) is 0.235. The molecule has 1 N–H and O–H groups in total. The van der Waals surface area contributed by atoms with Crippen LogP contribution in [0.3, 0.4) is 0 Å². The van der Waals surface area contributed by atoms with E-state index in [1.807, 2.05) is 41.2 Å². The lowest BCUT2D eigenvalue weighted by molar-refractivity contribution is 0.671. The van der Waals surface area contributed by atoms with Gasteiger partial charge in [-0.2, -0.15) is 5.10 Å². The molecule has 1 aromatic heterocycles. The first-order valence-electron chi connectivity index (χ1n) is 7.22. The molecule has 0 atom stereocenters. The summed E-state index contributed by atoms with van der Waals surface area (Å²) >= 11 is 6.15. The molecule has 1 heterocycles. The number of aromatic nitrogens is 2. The highest BCUT2D eigenvalue weighted by Crippen LogP contribution is 2.23. The molecule has 0 radical (unpaired) electrons. The molecule has 3 aromatic rings. The van der Waals surface area contributed by atoms with Crippen LogP contribution in [0.25, 0.3) is 16.6 Å². The Kier molecular flexibility index (Phi) is 4.23. The highest BCUT2D eigenvalue weighted by Gasteiger charge is 2.09. The standard InChI is InChI=1S/C17H18ClN3/c1-2-9-19-11-14-10-15(18)7-8-17(14)21-16-6-4-3-5-13(16)12-20-21/h3-8,10,12,19H,2,9,11H2,1H3. The zero-order valence-electron chi connectivity index (χ0n) is 12.0. The molecule has 0 fully saturated rings. The van der Waals surface area contributed by atoms with Gasteiger partial charge in [-0.25, -0.2) is 4.68 Å². The van der Waals surface area contributed by atoms with E-state index in [4.69, 9.17) is 11.6 Å². The minimum atomic E-state index is 0.753. The SMILES string of the molecule is CCCNCc1cc(Cl)ccc1-n1ncc2ccccc21. The van der Waals surface area contributed by atoms with E-state index in [1.165, 1.54) is 0 Å². The van der Waals surface area contributed by atoms with Crippen molar-refractivity contribution in [3.8, 4) is 5.69 Å². The van der Waals surface area contributed by atoms with Gasteiger partial charge in [-0.1, -0.05) is 36.7 Å². The lowest BCUT2D eigenvalue weighted by Gasteiger charge is -2.12. The van der Waals surface area contributed by atoms with E-state index in [-0.39, 0.29) is 0 Å². The summed E-state index contributed by atoms with van der Waals surface area (Å²) in [6.45, 7) is 3.94. The molecule has 2 aromatic carbocycles. The zero-order valence-corrected chi connectivity index (χ0v) is 12.8. The van der Waals surface area contributed by atoms with Gasteiger partial charge in [-0.05, 0) is 42.8 Å². The minimum absolute atomic E-state index is 0.753. The number of nitrogens with one attached hydrogen (secondary N) is 1. The van der Waals surface area contributed by atoms with E-state index < -0.39 is 0 Å². The molecule has 3 rings (SSSR count). The molecule has 0 saturated carbocycles. The van der Waals surface area contributed by atoms with Gasteiger partial charge in [0, 0.05) is 17.0 Å². The molecule has 0 unspecified atom stereocenters. The third kappa shape index (κ3) is 2.94. The van der Waals surface area contributed by atoms with Crippen LogP contribution in [0.2, 0.25) is 5.02 Å². The second-order valence-electron chi connectivity index (χ2n) is 5.06. The number of hydrogen-bond acceptors (Lipinski definition) is 2. The summed E-state index contributed by atoms with van der Waals surface area (Å²) in [6.07, 6.45) is 3.01. The van der Waals surface area contributed by atoms with Crippen molar-refractivity contribution in [3.63, 3.8) is 0 Å². The quantitative estimate of drug-likeness (QED) is 0.716. The van der Waals surface area contributed by atoms with E-state index in [0.717, 1.165) is 46.7 Å². The van der Waals surface area contributed by atoms with Crippen molar-refractivity contribution >= 4 is 22.5 Å². The highest BCUT2D eigenvalue weighted by molar-refractivity contribution is 6.30. The Balaban J connectivity index is 2.04. The van der Waals surface area contributed by atoms with Crippen molar-refractivity contribution in [2.24, 2.45) is 0 Å². The Labute approximate surface area is 129 Å². The summed E-state index contributed by atoms with van der Waals surface area (Å²) in [5.41, 5.74) is 3.34. The Morgan fingerprint density at radius 3 is 2.90 bits per heavy atom. The fourth-order valence-electron chi connectivity index (χ4n) is 2.47. The first-order valence-corrected chi connectivity index (χ1v) is 7.59. The van der Waals surface area contributed by atoms with Crippen molar-refractivity contribution in [1.82, 2.24) is 15.1 Å². The van der Waals surface area contributed by atoms with Crippen LogP contribution >= 0.6 is 11.6 Å². The molecular weight excluding hydrogens is 282 g/mol. The summed E-state index contributed by atoms with van der Waals surface area (Å²) in [5, 5.41) is 9.85. The third-order valence-electron chi connectivity index (χ3n) is 3.49. The lowest BCUT2D eigenvalue weighted by atomic mass is 10.1. The second kappa shape index (κ2) is 6.29. The normalized spacial score (nSPS) is 11.1. The van der Waals surface area contributed by atoms with Gasteiger partial charge in [0.05, 0.1) is 17.4 Å². The number of halogens is 1. The van der Waals surface area contributed by atoms with Crippen LogP contribution in [0.1, 0.15) is 18.9 Å². The van der Waals surface area contributed by atoms with Crippen LogP contribution in [-0.2, 0) is 6.54 Å². The summed E-state index contributed by atoms with van der Waals surface area (Å²) in [4.78, 5) is 0. The van der Waals surface area contributed by atoms with Gasteiger partial charge in [0.25, 0.3) is 0 Å². The van der Waals surface area contributed by atoms with E-state index >= 15 is 0 Å². The van der Waals surface area contributed by atoms with Gasteiger partial charge in [0.1, 0.15) is 0 Å². The molecule has 0 saturated heterocycles. The van der Waals surface area contributed by atoms with Gasteiger partial charge < -0.3 is 5.32 Å². The van der Waals surface area contributed by atoms with Crippen molar-refractivity contribution in [1.29, 1.82) is 0 Å². The predicted octanol–water partition coefficient (Wildman–Crippen LogP) is 4.18. The van der Waals surface area contributed by atoms with E-state index in [2.05, 4.69) is 29.5 Å². The van der Waals surface area contributed by atoms with Crippen molar-refractivity contribution in [2.45, 2.75) is 19.9 Å². The van der Waals surface area contributed by atoms with E-state index in [9.17, 15) is 0 Å². The topological polar surface area (TPSA) is 29.9 Å². The summed E-state index contributed by atoms with van der Waals surface area (Å²) in [7, 11) is 0. The molecule has 0 amide bonds. The zero-order chi connectivity index (χ0) is 14.7. The first-order chi connectivity index (χ1) is 10.3. The van der Waals surface area contributed by atoms with Gasteiger partial charge in [-0.15, -0.1) is 0 Å². The average molecular weight is 300 g/mol. The van der Waals surface area contributed by atoms with Crippen LogP contribution in [-0.4, -0.2) is 16.3 Å². The number of fused-ring (bicyclic) bond motifs is 1. The molecule has 3 nitrogen and oxygen atoms in total. The summed E-state index contributed by atoms with van der Waals surface area (Å²) < 4.78 is 1.98. The predicted molar refractivity (Wildman–Crippen MR) is 88.1 cm³/mol. The molecule has 0 spiro atoms. The minimum Gasteiger partial charge on any atom is -0.313 e. The van der Waals surface area contributed by atoms with Crippen molar-refractivity contribution < 1.29 is 0 Å². The maximum absolute atomic E-state index is 6.15. The summed E-state index contributed by atoms with van der Waals surface area (Å²) in [5.74, 6) is 0. The van der Waals surface area contributed by atoms with Gasteiger partial charge in [-0.3, -0.25) is 0 Å². The van der Waals surface area contributed by atoms with Gasteiger partial charge >= 0.3 is 0 Å². The van der Waals surface area contributed by atoms with Crippen LogP contribution < -0.4 is 5.32 Å². The van der Waals surface area contributed by atoms with Crippen LogP contribution in [0.4, 0.5) is 0 Å². The molecule has 108 valence electrons.